The number of hydrogen-bond donors (Lipinski definition) is 1. The number of carbonyl (C=O) groups excluding carboxylic acids is 1. The number of nitrogens with zero attached hydrogens (tertiary/aromatic N) is 5. The van der Waals surface area contributed by atoms with Gasteiger partial charge in [-0.2, -0.15) is 5.10 Å². The van der Waals surface area contributed by atoms with Crippen LogP contribution in [0.25, 0.3) is 0 Å². The summed E-state index contributed by atoms with van der Waals surface area (Å²) >= 11 is 0. The van der Waals surface area contributed by atoms with Gasteiger partial charge < -0.3 is 10.2 Å². The van der Waals surface area contributed by atoms with Crippen LogP contribution >= 0.6 is 0 Å². The Hall–Kier alpha value is -3.97. The summed E-state index contributed by atoms with van der Waals surface area (Å²) in [6.07, 6.45) is 4.39. The molecular formula is C31H34N6O. The molecule has 0 spiro atoms. The topological polar surface area (TPSA) is 66.3 Å². The van der Waals surface area contributed by atoms with E-state index in [4.69, 9.17) is 0 Å². The summed E-state index contributed by atoms with van der Waals surface area (Å²) in [5, 5.41) is 8.24. The predicted octanol–water partition coefficient (Wildman–Crippen LogP) is 5.12. The van der Waals surface area contributed by atoms with E-state index in [0.29, 0.717) is 18.7 Å². The molecule has 4 heterocycles. The minimum absolute atomic E-state index is 0.0244. The maximum Gasteiger partial charge on any atom is 0.259 e. The molecule has 7 nitrogen and oxygen atoms in total. The van der Waals surface area contributed by atoms with Gasteiger partial charge in [-0.3, -0.25) is 14.7 Å². The summed E-state index contributed by atoms with van der Waals surface area (Å²) in [5.74, 6) is 0.822. The molecule has 2 aromatic carbocycles. The van der Waals surface area contributed by atoms with Gasteiger partial charge in [0.05, 0.1) is 29.5 Å². The van der Waals surface area contributed by atoms with Crippen LogP contribution in [-0.4, -0.2) is 56.7 Å². The number of fused-ring (bicyclic) bond motifs is 1. The Balaban J connectivity index is 1.21. The third-order valence-electron chi connectivity index (χ3n) is 7.83. The number of anilines is 1. The van der Waals surface area contributed by atoms with Gasteiger partial charge in [-0.1, -0.05) is 66.7 Å². The molecule has 1 atom stereocenters. The number of hydrogen-bond acceptors (Lipinski definition) is 5. The van der Waals surface area contributed by atoms with Crippen LogP contribution in [-0.2, 0) is 5.54 Å². The van der Waals surface area contributed by atoms with Crippen molar-refractivity contribution in [3.05, 3.63) is 114 Å². The summed E-state index contributed by atoms with van der Waals surface area (Å²) in [6, 6.07) is 27.4. The molecule has 0 bridgehead atoms. The van der Waals surface area contributed by atoms with Gasteiger partial charge in [-0.25, -0.2) is 4.68 Å². The fraction of sp³-hybridized carbons (Fsp3) is 0.323. The summed E-state index contributed by atoms with van der Waals surface area (Å²) in [6.45, 7) is 7.29. The lowest BCUT2D eigenvalue weighted by atomic mass is 9.91. The van der Waals surface area contributed by atoms with Gasteiger partial charge in [0.1, 0.15) is 11.4 Å². The van der Waals surface area contributed by atoms with Crippen molar-refractivity contribution in [3.8, 4) is 0 Å². The quantitative estimate of drug-likeness (QED) is 0.407. The molecule has 0 radical (unpaired) electrons. The lowest BCUT2D eigenvalue weighted by Gasteiger charge is -2.40. The smallest absolute Gasteiger partial charge is 0.259 e. The molecule has 1 amide bonds. The van der Waals surface area contributed by atoms with Gasteiger partial charge in [-0.15, -0.1) is 0 Å². The summed E-state index contributed by atoms with van der Waals surface area (Å²) < 4.78 is 1.97. The van der Waals surface area contributed by atoms with Crippen LogP contribution in [0.1, 0.15) is 59.5 Å². The Morgan fingerprint density at radius 3 is 2.13 bits per heavy atom. The van der Waals surface area contributed by atoms with Crippen molar-refractivity contribution in [1.82, 2.24) is 24.6 Å². The van der Waals surface area contributed by atoms with E-state index in [2.05, 4.69) is 94.8 Å². The molecule has 0 aliphatic carbocycles. The van der Waals surface area contributed by atoms with Crippen LogP contribution in [0.5, 0.6) is 0 Å². The SMILES string of the molecule is CC1(C)CC(c2ccccn2)Nc2c(C(=O)N3CCN(C(c4ccccc4)c4ccccc4)CC3)cnn21. The minimum atomic E-state index is -0.238. The second-order valence-corrected chi connectivity index (χ2v) is 10.8. The van der Waals surface area contributed by atoms with Crippen LogP contribution in [0.2, 0.25) is 0 Å². The molecule has 1 saturated heterocycles. The van der Waals surface area contributed by atoms with Crippen molar-refractivity contribution in [2.45, 2.75) is 37.9 Å². The van der Waals surface area contributed by atoms with E-state index in [9.17, 15) is 4.79 Å². The highest BCUT2D eigenvalue weighted by Crippen LogP contribution is 2.40. The van der Waals surface area contributed by atoms with Gasteiger partial charge in [-0.05, 0) is 43.5 Å². The Morgan fingerprint density at radius 2 is 1.53 bits per heavy atom. The number of benzene rings is 2. The average Bonchev–Trinajstić information content (AvgIpc) is 3.40. The zero-order valence-corrected chi connectivity index (χ0v) is 22.0. The van der Waals surface area contributed by atoms with Crippen molar-refractivity contribution < 1.29 is 4.79 Å². The lowest BCUT2D eigenvalue weighted by Crippen LogP contribution is -2.50. The first kappa shape index (κ1) is 24.4. The first-order chi connectivity index (χ1) is 18.5. The zero-order valence-electron chi connectivity index (χ0n) is 22.0. The van der Waals surface area contributed by atoms with E-state index in [1.165, 1.54) is 11.1 Å². The van der Waals surface area contributed by atoms with E-state index in [-0.39, 0.29) is 23.5 Å². The predicted molar refractivity (Wildman–Crippen MR) is 149 cm³/mol. The van der Waals surface area contributed by atoms with Gasteiger partial charge in [0.15, 0.2) is 0 Å². The largest absolute Gasteiger partial charge is 0.361 e. The Morgan fingerprint density at radius 1 is 0.895 bits per heavy atom. The van der Waals surface area contributed by atoms with E-state index in [1.807, 2.05) is 34.0 Å². The van der Waals surface area contributed by atoms with Crippen LogP contribution < -0.4 is 5.32 Å². The van der Waals surface area contributed by atoms with Gasteiger partial charge in [0, 0.05) is 32.4 Å². The Kier molecular flexibility index (Phi) is 6.45. The van der Waals surface area contributed by atoms with Crippen molar-refractivity contribution in [2.75, 3.05) is 31.5 Å². The third kappa shape index (κ3) is 4.58. The minimum Gasteiger partial charge on any atom is -0.361 e. The van der Waals surface area contributed by atoms with Crippen molar-refractivity contribution in [2.24, 2.45) is 0 Å². The molecule has 1 N–H and O–H groups in total. The maximum absolute atomic E-state index is 13.8. The monoisotopic (exact) mass is 506 g/mol. The third-order valence-corrected chi connectivity index (χ3v) is 7.83. The van der Waals surface area contributed by atoms with E-state index < -0.39 is 0 Å². The summed E-state index contributed by atoms with van der Waals surface area (Å²) in [5.41, 5.74) is 3.92. The van der Waals surface area contributed by atoms with Gasteiger partial charge >= 0.3 is 0 Å². The molecule has 4 aromatic rings. The Bertz CT molecular complexity index is 1340. The van der Waals surface area contributed by atoms with Crippen LogP contribution in [0.3, 0.4) is 0 Å². The molecule has 0 saturated carbocycles. The fourth-order valence-electron chi connectivity index (χ4n) is 5.90. The standard InChI is InChI=1S/C31H34N6O/c1-31(2)21-27(26-15-9-10-16-32-26)34-29-25(22-33-37(29)31)30(38)36-19-17-35(18-20-36)28(23-11-5-3-6-12-23)24-13-7-4-8-14-24/h3-16,22,27-28,34H,17-21H2,1-2H3. The van der Waals surface area contributed by atoms with Crippen molar-refractivity contribution >= 4 is 11.7 Å². The van der Waals surface area contributed by atoms with Crippen LogP contribution in [0, 0.1) is 0 Å². The fourth-order valence-corrected chi connectivity index (χ4v) is 5.90. The molecule has 194 valence electrons. The molecule has 2 aromatic heterocycles. The molecule has 2 aliphatic heterocycles. The van der Waals surface area contributed by atoms with E-state index in [1.54, 1.807) is 6.20 Å². The highest BCUT2D eigenvalue weighted by Gasteiger charge is 2.38. The van der Waals surface area contributed by atoms with Crippen molar-refractivity contribution in [3.63, 3.8) is 0 Å². The number of aromatic nitrogens is 3. The molecule has 6 rings (SSSR count). The van der Waals surface area contributed by atoms with E-state index >= 15 is 0 Å². The first-order valence-corrected chi connectivity index (χ1v) is 13.4. The molecule has 1 unspecified atom stereocenters. The zero-order chi connectivity index (χ0) is 26.1. The molecule has 1 fully saturated rings. The Labute approximate surface area is 224 Å². The van der Waals surface area contributed by atoms with Gasteiger partial charge in [0.25, 0.3) is 5.91 Å². The number of carbonyl (C=O) groups is 1. The average molecular weight is 507 g/mol. The van der Waals surface area contributed by atoms with Crippen LogP contribution in [0.15, 0.2) is 91.3 Å². The van der Waals surface area contributed by atoms with Gasteiger partial charge in [0.2, 0.25) is 0 Å². The normalized spacial score (nSPS) is 19.1. The van der Waals surface area contributed by atoms with Crippen LogP contribution in [0.4, 0.5) is 5.82 Å². The van der Waals surface area contributed by atoms with Crippen molar-refractivity contribution in [1.29, 1.82) is 0 Å². The van der Waals surface area contributed by atoms with E-state index in [0.717, 1.165) is 31.0 Å². The highest BCUT2D eigenvalue weighted by molar-refractivity contribution is 5.99. The number of nitrogens with one attached hydrogen (secondary N) is 1. The lowest BCUT2D eigenvalue weighted by molar-refractivity contribution is 0.0598. The molecule has 38 heavy (non-hydrogen) atoms. The maximum atomic E-state index is 13.8. The summed E-state index contributed by atoms with van der Waals surface area (Å²) in [7, 11) is 0. The molecule has 7 heteroatoms. The number of piperazine rings is 1. The second-order valence-electron chi connectivity index (χ2n) is 10.8. The molecule has 2 aliphatic rings. The molecular weight excluding hydrogens is 472 g/mol. The summed E-state index contributed by atoms with van der Waals surface area (Å²) in [4.78, 5) is 22.8. The number of rotatable bonds is 5. The number of pyridine rings is 1. The highest BCUT2D eigenvalue weighted by atomic mass is 16.2. The number of amides is 1. The first-order valence-electron chi connectivity index (χ1n) is 13.4. The second kappa shape index (κ2) is 10.1.